The molecule has 4 bridgehead atoms. The summed E-state index contributed by atoms with van der Waals surface area (Å²) in [6, 6.07) is 8.03. The summed E-state index contributed by atoms with van der Waals surface area (Å²) in [5.41, 5.74) is 6.06. The Labute approximate surface area is 188 Å². The lowest BCUT2D eigenvalue weighted by Gasteiger charge is -2.61. The molecule has 7 heteroatoms. The number of piperidine rings is 1. The van der Waals surface area contributed by atoms with E-state index >= 15 is 0 Å². The van der Waals surface area contributed by atoms with E-state index in [2.05, 4.69) is 4.85 Å². The van der Waals surface area contributed by atoms with Crippen LogP contribution < -0.4 is 5.73 Å². The molecule has 7 nitrogen and oxygen atoms in total. The van der Waals surface area contributed by atoms with E-state index in [9.17, 15) is 14.7 Å². The monoisotopic (exact) mass is 437 g/mol. The number of amides is 1. The normalized spacial score (nSPS) is 41.2. The summed E-state index contributed by atoms with van der Waals surface area (Å²) in [5.74, 6) is 0.705. The number of nitrogens with two attached hydrogens (primary N) is 1. The van der Waals surface area contributed by atoms with Gasteiger partial charge < -0.3 is 15.9 Å². The van der Waals surface area contributed by atoms with Crippen molar-refractivity contribution >= 4 is 11.9 Å². The number of rotatable bonds is 3. The molecule has 0 spiro atoms. The number of aromatic carboxylic acids is 1. The number of aliphatic hydroxyl groups is 1. The molecule has 1 amide bonds. The first-order chi connectivity index (χ1) is 15.2. The number of hydrogen-bond donors (Lipinski definition) is 3. The number of benzene rings is 1. The van der Waals surface area contributed by atoms with Crippen LogP contribution in [0.15, 0.2) is 30.3 Å². The predicted molar refractivity (Wildman–Crippen MR) is 117 cm³/mol. The Morgan fingerprint density at radius 1 is 1.09 bits per heavy atom. The van der Waals surface area contributed by atoms with Crippen LogP contribution in [0.3, 0.4) is 0 Å². The summed E-state index contributed by atoms with van der Waals surface area (Å²) in [7, 11) is 0. The lowest BCUT2D eigenvalue weighted by atomic mass is 9.46. The van der Waals surface area contributed by atoms with Crippen molar-refractivity contribution in [1.82, 2.24) is 4.90 Å². The van der Waals surface area contributed by atoms with Crippen LogP contribution in [0.4, 0.5) is 0 Å². The number of carboxylic acids is 1. The minimum Gasteiger partial charge on any atom is -0.478 e. The highest BCUT2D eigenvalue weighted by molar-refractivity contribution is 5.87. The van der Waals surface area contributed by atoms with Crippen LogP contribution in [-0.2, 0) is 4.79 Å². The fourth-order valence-electron chi connectivity index (χ4n) is 7.51. The van der Waals surface area contributed by atoms with E-state index in [1.807, 2.05) is 4.90 Å². The molecule has 7 rings (SSSR count). The van der Waals surface area contributed by atoms with Crippen LogP contribution in [0.5, 0.6) is 0 Å². The highest BCUT2D eigenvalue weighted by atomic mass is 16.4. The van der Waals surface area contributed by atoms with E-state index in [0.717, 1.165) is 38.5 Å². The van der Waals surface area contributed by atoms with E-state index in [-0.39, 0.29) is 23.5 Å². The van der Waals surface area contributed by atoms with Crippen LogP contribution in [0, 0.1) is 29.7 Å². The molecule has 1 aromatic carbocycles. The standard InChI is InChI=1S/C18H25N3O2.C7H6O2/c1-20-14-4-12-3-13(12)21(14)16(22)15(19)17-5-10-2-11(6-17)8-18(23,7-10)9-17;8-7(9)6-4-2-1-3-5-6/h10-15,23H,2-9,19H2;1-5H,(H,8,9)/t10?,11?,12-,13-,14-,15?,17?,18?;/m0./s1. The van der Waals surface area contributed by atoms with Gasteiger partial charge in [0.25, 0.3) is 0 Å². The maximum Gasteiger partial charge on any atom is 0.335 e. The number of hydrogen-bond acceptors (Lipinski definition) is 4. The fraction of sp³-hybridized carbons (Fsp3) is 0.640. The van der Waals surface area contributed by atoms with Gasteiger partial charge in [0.05, 0.1) is 17.2 Å². The smallest absolute Gasteiger partial charge is 0.335 e. The van der Waals surface area contributed by atoms with Crippen LogP contribution in [0.2, 0.25) is 0 Å². The average Bonchev–Trinajstić information content (AvgIpc) is 3.41. The second-order valence-corrected chi connectivity index (χ2v) is 10.9. The fourth-order valence-corrected chi connectivity index (χ4v) is 7.51. The summed E-state index contributed by atoms with van der Waals surface area (Å²) < 4.78 is 0. The van der Waals surface area contributed by atoms with Gasteiger partial charge in [-0.15, -0.1) is 0 Å². The molecule has 1 aromatic rings. The Morgan fingerprint density at radius 2 is 1.75 bits per heavy atom. The number of fused-ring (bicyclic) bond motifs is 1. The van der Waals surface area contributed by atoms with Gasteiger partial charge in [-0.1, -0.05) is 18.2 Å². The summed E-state index contributed by atoms with van der Waals surface area (Å²) in [5, 5.41) is 19.3. The summed E-state index contributed by atoms with van der Waals surface area (Å²) in [4.78, 5) is 28.8. The zero-order valence-electron chi connectivity index (χ0n) is 18.2. The van der Waals surface area contributed by atoms with Crippen molar-refractivity contribution in [3.05, 3.63) is 47.3 Å². The Bertz CT molecular complexity index is 944. The highest BCUT2D eigenvalue weighted by Crippen LogP contribution is 2.63. The van der Waals surface area contributed by atoms with Crippen molar-refractivity contribution in [2.24, 2.45) is 28.9 Å². The lowest BCUT2D eigenvalue weighted by Crippen LogP contribution is -2.64. The molecule has 0 radical (unpaired) electrons. The van der Waals surface area contributed by atoms with Crippen molar-refractivity contribution in [2.75, 3.05) is 0 Å². The molecule has 1 aliphatic heterocycles. The molecule has 5 aliphatic carbocycles. The van der Waals surface area contributed by atoms with Crippen molar-refractivity contribution in [3.63, 3.8) is 0 Å². The number of carbonyl (C=O) groups is 2. The molecule has 0 aromatic heterocycles. The molecule has 1 saturated heterocycles. The molecular formula is C25H31N3O4. The van der Waals surface area contributed by atoms with Crippen LogP contribution in [0.25, 0.3) is 4.85 Å². The van der Waals surface area contributed by atoms with E-state index in [4.69, 9.17) is 17.4 Å². The van der Waals surface area contributed by atoms with E-state index in [1.165, 1.54) is 6.42 Å². The number of carboxylic acid groups (broad SMARTS) is 1. The molecule has 32 heavy (non-hydrogen) atoms. The van der Waals surface area contributed by atoms with Gasteiger partial charge in [0.1, 0.15) is 0 Å². The van der Waals surface area contributed by atoms with E-state index in [1.54, 1.807) is 30.3 Å². The van der Waals surface area contributed by atoms with Gasteiger partial charge in [0.2, 0.25) is 5.91 Å². The maximum atomic E-state index is 13.1. The van der Waals surface area contributed by atoms with Crippen LogP contribution >= 0.6 is 0 Å². The minimum atomic E-state index is -0.879. The van der Waals surface area contributed by atoms with Crippen LogP contribution in [0.1, 0.15) is 61.7 Å². The van der Waals surface area contributed by atoms with Gasteiger partial charge in [-0.3, -0.25) is 14.5 Å². The maximum absolute atomic E-state index is 13.1. The molecule has 6 fully saturated rings. The number of carbonyl (C=O) groups excluding carboxylic acids is 1. The van der Waals surface area contributed by atoms with Gasteiger partial charge in [-0.25, -0.2) is 11.4 Å². The highest BCUT2D eigenvalue weighted by Gasteiger charge is 2.63. The molecule has 4 N–H and O–H groups in total. The minimum absolute atomic E-state index is 0.0125. The van der Waals surface area contributed by atoms with Crippen molar-refractivity contribution in [1.29, 1.82) is 0 Å². The molecule has 3 unspecified atom stereocenters. The third-order valence-electron chi connectivity index (χ3n) is 8.50. The van der Waals surface area contributed by atoms with Gasteiger partial charge in [0, 0.05) is 12.5 Å². The first kappa shape index (κ1) is 21.4. The quantitative estimate of drug-likeness (QED) is 0.630. The van der Waals surface area contributed by atoms with Crippen LogP contribution in [-0.4, -0.2) is 50.8 Å². The topological polar surface area (TPSA) is 108 Å². The molecule has 170 valence electrons. The SMILES string of the molecule is O=C(O)c1ccccc1.[C-]#[N+][C@@H]1C[C@@H]2C[C@@H]2N1C(=O)C(N)C12CC3CC(CC(O)(C3)C1)C2. The largest absolute Gasteiger partial charge is 0.478 e. The zero-order valence-corrected chi connectivity index (χ0v) is 18.2. The Kier molecular flexibility index (Phi) is 5.06. The summed E-state index contributed by atoms with van der Waals surface area (Å²) in [6.07, 6.45) is 7.23. The molecule has 5 saturated carbocycles. The Morgan fingerprint density at radius 3 is 2.28 bits per heavy atom. The summed E-state index contributed by atoms with van der Waals surface area (Å²) >= 11 is 0. The van der Waals surface area contributed by atoms with Gasteiger partial charge in [-0.05, 0) is 80.2 Å². The third kappa shape index (κ3) is 3.60. The lowest BCUT2D eigenvalue weighted by molar-refractivity contribution is -0.177. The molecule has 1 heterocycles. The Hall–Kier alpha value is -2.43. The molecule has 6 aliphatic rings. The molecule has 6 atom stereocenters. The number of likely N-dealkylation sites (tertiary alicyclic amines) is 1. The van der Waals surface area contributed by atoms with E-state index < -0.39 is 17.6 Å². The Balaban J connectivity index is 0.000000203. The third-order valence-corrected chi connectivity index (χ3v) is 8.50. The van der Waals surface area contributed by atoms with Crippen molar-refractivity contribution < 1.29 is 19.8 Å². The predicted octanol–water partition coefficient (Wildman–Crippen LogP) is 2.90. The zero-order chi connectivity index (χ0) is 22.7. The van der Waals surface area contributed by atoms with Crippen molar-refractivity contribution in [2.45, 2.75) is 75.2 Å². The second-order valence-electron chi connectivity index (χ2n) is 10.9. The van der Waals surface area contributed by atoms with Gasteiger partial charge in [-0.2, -0.15) is 0 Å². The van der Waals surface area contributed by atoms with E-state index in [0.29, 0.717) is 29.7 Å². The average molecular weight is 438 g/mol. The van der Waals surface area contributed by atoms with Gasteiger partial charge in [0.15, 0.2) is 0 Å². The first-order valence-corrected chi connectivity index (χ1v) is 11.7. The van der Waals surface area contributed by atoms with Gasteiger partial charge >= 0.3 is 12.1 Å². The first-order valence-electron chi connectivity index (χ1n) is 11.7. The molecular weight excluding hydrogens is 406 g/mol. The second kappa shape index (κ2) is 7.57. The number of nitrogens with zero attached hydrogens (tertiary/aromatic N) is 2. The summed E-state index contributed by atoms with van der Waals surface area (Å²) in [6.45, 7) is 7.38. The van der Waals surface area contributed by atoms with Crippen molar-refractivity contribution in [3.8, 4) is 0 Å².